The van der Waals surface area contributed by atoms with Crippen LogP contribution in [0.2, 0.25) is 0 Å². The Kier molecular flexibility index (Phi) is 5.54. The van der Waals surface area contributed by atoms with Gasteiger partial charge in [-0.05, 0) is 30.3 Å². The number of para-hydroxylation sites is 1. The lowest BCUT2D eigenvalue weighted by Crippen LogP contribution is -2.35. The third-order valence-corrected chi connectivity index (χ3v) is 6.80. The van der Waals surface area contributed by atoms with Gasteiger partial charge in [-0.15, -0.1) is 0 Å². The van der Waals surface area contributed by atoms with Crippen LogP contribution < -0.4 is 10.1 Å². The van der Waals surface area contributed by atoms with Crippen LogP contribution in [0.1, 0.15) is 29.1 Å². The number of ether oxygens (including phenoxy) is 1. The maximum atomic E-state index is 13.0. The molecule has 2 N–H and O–H groups in total. The van der Waals surface area contributed by atoms with E-state index in [0.717, 1.165) is 6.26 Å². The second-order valence-electron chi connectivity index (χ2n) is 7.94. The largest absolute Gasteiger partial charge is 0.434 e. The van der Waals surface area contributed by atoms with Gasteiger partial charge in [0.2, 0.25) is 0 Å². The number of alkyl halides is 2. The average molecular weight is 487 g/mol. The van der Waals surface area contributed by atoms with Crippen LogP contribution in [0.5, 0.6) is 5.75 Å². The molecule has 0 aliphatic carbocycles. The SMILES string of the molecule is CS(=O)(=O)c1ccc(-c2ccc3nc4c(n3n2)C(c2ccccc2OC(F)F)NCC4O)cc1. The van der Waals surface area contributed by atoms with Crippen molar-refractivity contribution in [3.63, 3.8) is 0 Å². The van der Waals surface area contributed by atoms with Gasteiger partial charge in [-0.1, -0.05) is 30.3 Å². The van der Waals surface area contributed by atoms with Crippen LogP contribution in [0.3, 0.4) is 0 Å². The van der Waals surface area contributed by atoms with Gasteiger partial charge in [-0.3, -0.25) is 0 Å². The van der Waals surface area contributed by atoms with E-state index < -0.39 is 28.6 Å². The van der Waals surface area contributed by atoms with E-state index in [1.165, 1.54) is 18.2 Å². The Labute approximate surface area is 193 Å². The van der Waals surface area contributed by atoms with Crippen molar-refractivity contribution in [3.8, 4) is 17.0 Å². The minimum atomic E-state index is -3.33. The van der Waals surface area contributed by atoms with E-state index >= 15 is 0 Å². The molecule has 2 atom stereocenters. The number of imidazole rings is 1. The van der Waals surface area contributed by atoms with E-state index in [4.69, 9.17) is 4.74 Å². The van der Waals surface area contributed by atoms with Crippen molar-refractivity contribution in [3.05, 3.63) is 77.6 Å². The quantitative estimate of drug-likeness (QED) is 0.447. The molecule has 0 saturated carbocycles. The van der Waals surface area contributed by atoms with E-state index in [9.17, 15) is 22.3 Å². The van der Waals surface area contributed by atoms with Gasteiger partial charge in [-0.2, -0.15) is 13.9 Å². The Balaban J connectivity index is 1.64. The smallest absolute Gasteiger partial charge is 0.387 e. The van der Waals surface area contributed by atoms with E-state index in [2.05, 4.69) is 15.4 Å². The molecule has 5 rings (SSSR count). The molecule has 0 spiro atoms. The first-order chi connectivity index (χ1) is 16.2. The minimum absolute atomic E-state index is 0.0137. The Hall–Kier alpha value is -3.41. The van der Waals surface area contributed by atoms with E-state index in [1.807, 2.05) is 0 Å². The lowest BCUT2D eigenvalue weighted by molar-refractivity contribution is -0.0507. The van der Waals surface area contributed by atoms with Crippen molar-refractivity contribution >= 4 is 15.5 Å². The zero-order chi connectivity index (χ0) is 24.0. The van der Waals surface area contributed by atoms with Crippen molar-refractivity contribution in [2.75, 3.05) is 12.8 Å². The number of benzene rings is 2. The fraction of sp³-hybridized carbons (Fsp3) is 0.217. The number of halogens is 2. The summed E-state index contributed by atoms with van der Waals surface area (Å²) in [7, 11) is -3.33. The molecular formula is C23H20F2N4O4S. The summed E-state index contributed by atoms with van der Waals surface area (Å²) in [5.74, 6) is 0.0137. The molecule has 34 heavy (non-hydrogen) atoms. The van der Waals surface area contributed by atoms with Crippen LogP contribution in [0, 0.1) is 0 Å². The first kappa shape index (κ1) is 22.4. The molecule has 3 heterocycles. The molecule has 8 nitrogen and oxygen atoms in total. The standard InChI is InChI=1S/C23H20F2N4O4S/c1-34(31,32)14-8-6-13(7-9-14)16-10-11-19-27-21-17(30)12-26-20(22(21)29(19)28-16)15-4-2-3-5-18(15)33-23(24)25/h2-11,17,20,23,26,30H,12H2,1H3. The van der Waals surface area contributed by atoms with Crippen LogP contribution in [-0.2, 0) is 9.84 Å². The summed E-state index contributed by atoms with van der Waals surface area (Å²) in [6, 6.07) is 15.6. The molecule has 0 radical (unpaired) electrons. The zero-order valence-electron chi connectivity index (χ0n) is 17.9. The maximum absolute atomic E-state index is 13.0. The van der Waals surface area contributed by atoms with Crippen molar-refractivity contribution < 1.29 is 27.0 Å². The lowest BCUT2D eigenvalue weighted by atomic mass is 9.96. The summed E-state index contributed by atoms with van der Waals surface area (Å²) in [5, 5.41) is 18.4. The molecule has 2 unspecified atom stereocenters. The van der Waals surface area contributed by atoms with Gasteiger partial charge in [0.05, 0.1) is 28.0 Å². The number of hydrogen-bond donors (Lipinski definition) is 2. The van der Waals surface area contributed by atoms with E-state index in [0.29, 0.717) is 33.9 Å². The molecule has 0 amide bonds. The maximum Gasteiger partial charge on any atom is 0.387 e. The van der Waals surface area contributed by atoms with Gasteiger partial charge < -0.3 is 15.2 Å². The molecule has 1 aliphatic rings. The highest BCUT2D eigenvalue weighted by atomic mass is 32.2. The summed E-state index contributed by atoms with van der Waals surface area (Å²) < 4.78 is 55.8. The molecule has 176 valence electrons. The highest BCUT2D eigenvalue weighted by Crippen LogP contribution is 2.37. The number of aliphatic hydroxyl groups is 1. The van der Waals surface area contributed by atoms with Crippen molar-refractivity contribution in [2.24, 2.45) is 0 Å². The number of hydrogen-bond acceptors (Lipinski definition) is 7. The molecule has 4 aromatic rings. The van der Waals surface area contributed by atoms with Crippen LogP contribution in [0.15, 0.2) is 65.6 Å². The number of aromatic nitrogens is 3. The Morgan fingerprint density at radius 3 is 2.56 bits per heavy atom. The molecular weight excluding hydrogens is 466 g/mol. The second-order valence-corrected chi connectivity index (χ2v) is 9.96. The van der Waals surface area contributed by atoms with Gasteiger partial charge >= 0.3 is 6.61 Å². The molecule has 0 fully saturated rings. The van der Waals surface area contributed by atoms with Gasteiger partial charge in [0.15, 0.2) is 15.5 Å². The predicted molar refractivity (Wildman–Crippen MR) is 119 cm³/mol. The monoisotopic (exact) mass is 486 g/mol. The topological polar surface area (TPSA) is 106 Å². The fourth-order valence-corrected chi connectivity index (χ4v) is 4.74. The highest BCUT2D eigenvalue weighted by molar-refractivity contribution is 7.90. The summed E-state index contributed by atoms with van der Waals surface area (Å²) in [5.41, 5.74) is 3.06. The third-order valence-electron chi connectivity index (χ3n) is 5.67. The van der Waals surface area contributed by atoms with Crippen LogP contribution >= 0.6 is 0 Å². The first-order valence-electron chi connectivity index (χ1n) is 10.4. The fourth-order valence-electron chi connectivity index (χ4n) is 4.11. The van der Waals surface area contributed by atoms with Gasteiger partial charge in [0.1, 0.15) is 11.9 Å². The molecule has 2 aromatic carbocycles. The van der Waals surface area contributed by atoms with Gasteiger partial charge in [0.25, 0.3) is 0 Å². The number of nitrogens with one attached hydrogen (secondary N) is 1. The molecule has 11 heteroatoms. The second kappa shape index (κ2) is 8.42. The van der Waals surface area contributed by atoms with E-state index in [1.54, 1.807) is 47.0 Å². The summed E-state index contributed by atoms with van der Waals surface area (Å²) >= 11 is 0. The first-order valence-corrected chi connectivity index (χ1v) is 12.3. The minimum Gasteiger partial charge on any atom is -0.434 e. The van der Waals surface area contributed by atoms with Crippen LogP contribution in [-0.4, -0.2) is 47.5 Å². The summed E-state index contributed by atoms with van der Waals surface area (Å²) in [4.78, 5) is 4.72. The molecule has 1 aliphatic heterocycles. The number of nitrogens with zero attached hydrogens (tertiary/aromatic N) is 3. The van der Waals surface area contributed by atoms with E-state index in [-0.39, 0.29) is 17.2 Å². The molecule has 0 saturated heterocycles. The summed E-state index contributed by atoms with van der Waals surface area (Å²) in [6.07, 6.45) is 0.228. The van der Waals surface area contributed by atoms with Gasteiger partial charge in [0, 0.05) is 23.9 Å². The number of rotatable bonds is 5. The molecule has 0 bridgehead atoms. The average Bonchev–Trinajstić information content (AvgIpc) is 3.19. The number of β-amino-alcohol motifs (C(OH)–C–C–N with tert-alkyl or cyclic N) is 1. The number of fused-ring (bicyclic) bond motifs is 3. The zero-order valence-corrected chi connectivity index (χ0v) is 18.7. The van der Waals surface area contributed by atoms with Gasteiger partial charge in [-0.25, -0.2) is 17.9 Å². The normalized spacial score (nSPS) is 18.3. The molecule has 2 aromatic heterocycles. The lowest BCUT2D eigenvalue weighted by Gasteiger charge is -2.28. The van der Waals surface area contributed by atoms with Crippen molar-refractivity contribution in [1.29, 1.82) is 0 Å². The third kappa shape index (κ3) is 4.02. The van der Waals surface area contributed by atoms with Crippen molar-refractivity contribution in [1.82, 2.24) is 19.9 Å². The number of aliphatic hydroxyl groups excluding tert-OH is 1. The predicted octanol–water partition coefficient (Wildman–Crippen LogP) is 3.13. The van der Waals surface area contributed by atoms with Crippen LogP contribution in [0.4, 0.5) is 8.78 Å². The van der Waals surface area contributed by atoms with Crippen LogP contribution in [0.25, 0.3) is 16.9 Å². The number of sulfone groups is 1. The highest BCUT2D eigenvalue weighted by Gasteiger charge is 2.34. The Morgan fingerprint density at radius 2 is 1.85 bits per heavy atom. The Morgan fingerprint density at radius 1 is 1.12 bits per heavy atom. The summed E-state index contributed by atoms with van der Waals surface area (Å²) in [6.45, 7) is -2.82. The van der Waals surface area contributed by atoms with Crippen molar-refractivity contribution in [2.45, 2.75) is 23.7 Å². The Bertz CT molecular complexity index is 1470.